The first-order valence-electron chi connectivity index (χ1n) is 9.91. The lowest BCUT2D eigenvalue weighted by molar-refractivity contribution is -0.146. The summed E-state index contributed by atoms with van der Waals surface area (Å²) >= 11 is 0. The molecule has 0 unspecified atom stereocenters. The number of nitrogens with one attached hydrogen (secondary N) is 1. The van der Waals surface area contributed by atoms with Crippen LogP contribution in [0.5, 0.6) is 5.75 Å². The molecular weight excluding hydrogens is 390 g/mol. The van der Waals surface area contributed by atoms with Crippen LogP contribution in [0.15, 0.2) is 18.2 Å². The highest BCUT2D eigenvalue weighted by Crippen LogP contribution is 2.27. The Morgan fingerprint density at radius 2 is 1.97 bits per heavy atom. The topological polar surface area (TPSA) is 128 Å². The van der Waals surface area contributed by atoms with Gasteiger partial charge in [-0.15, -0.1) is 0 Å². The second kappa shape index (κ2) is 10.1. The van der Waals surface area contributed by atoms with Crippen molar-refractivity contribution in [3.8, 4) is 5.75 Å². The van der Waals surface area contributed by atoms with Gasteiger partial charge in [0, 0.05) is 19.2 Å². The SMILES string of the molecule is COC(=O)[C@H](CC(C)C)NC(=O)[C@@H]1CCCN1C(=O)c1cc(N)ccc1OC(C)=O. The molecule has 1 aromatic carbocycles. The zero-order chi connectivity index (χ0) is 22.4. The van der Waals surface area contributed by atoms with Gasteiger partial charge in [0.25, 0.3) is 5.91 Å². The van der Waals surface area contributed by atoms with E-state index >= 15 is 0 Å². The van der Waals surface area contributed by atoms with E-state index in [1.165, 1.54) is 37.1 Å². The van der Waals surface area contributed by atoms with Gasteiger partial charge in [0.2, 0.25) is 5.91 Å². The molecule has 1 aromatic rings. The number of likely N-dealkylation sites (tertiary alicyclic amines) is 1. The molecule has 0 aromatic heterocycles. The molecule has 2 rings (SSSR count). The number of nitrogen functional groups attached to an aromatic ring is 1. The molecule has 30 heavy (non-hydrogen) atoms. The van der Waals surface area contributed by atoms with Crippen LogP contribution in [0.4, 0.5) is 5.69 Å². The number of carbonyl (C=O) groups is 4. The Balaban J connectivity index is 2.23. The zero-order valence-electron chi connectivity index (χ0n) is 17.8. The highest BCUT2D eigenvalue weighted by molar-refractivity contribution is 6.01. The molecule has 1 aliphatic rings. The Morgan fingerprint density at radius 1 is 1.27 bits per heavy atom. The predicted molar refractivity (Wildman–Crippen MR) is 110 cm³/mol. The molecule has 0 spiro atoms. The average Bonchev–Trinajstić information content (AvgIpc) is 3.16. The molecule has 1 fully saturated rings. The maximum Gasteiger partial charge on any atom is 0.328 e. The number of esters is 2. The van der Waals surface area contributed by atoms with Crippen LogP contribution in [-0.4, -0.2) is 54.4 Å². The number of ether oxygens (including phenoxy) is 2. The fourth-order valence-corrected chi connectivity index (χ4v) is 3.49. The second-order valence-electron chi connectivity index (χ2n) is 7.72. The third-order valence-electron chi connectivity index (χ3n) is 4.81. The van der Waals surface area contributed by atoms with Crippen LogP contribution in [-0.2, 0) is 19.1 Å². The van der Waals surface area contributed by atoms with E-state index in [9.17, 15) is 19.2 Å². The summed E-state index contributed by atoms with van der Waals surface area (Å²) in [6.45, 7) is 5.46. The van der Waals surface area contributed by atoms with Gasteiger partial charge in [0.1, 0.15) is 17.8 Å². The van der Waals surface area contributed by atoms with Crippen LogP contribution in [0.3, 0.4) is 0 Å². The van der Waals surface area contributed by atoms with Crippen molar-refractivity contribution in [3.63, 3.8) is 0 Å². The van der Waals surface area contributed by atoms with Crippen LogP contribution >= 0.6 is 0 Å². The number of carbonyl (C=O) groups excluding carboxylic acids is 4. The molecule has 164 valence electrons. The van der Waals surface area contributed by atoms with Gasteiger partial charge >= 0.3 is 11.9 Å². The summed E-state index contributed by atoms with van der Waals surface area (Å²) in [4.78, 5) is 50.9. The van der Waals surface area contributed by atoms with Crippen LogP contribution in [0, 0.1) is 5.92 Å². The first-order valence-corrected chi connectivity index (χ1v) is 9.91. The molecule has 0 radical (unpaired) electrons. The molecule has 0 aliphatic carbocycles. The van der Waals surface area contributed by atoms with E-state index in [-0.39, 0.29) is 17.2 Å². The normalized spacial score (nSPS) is 16.8. The minimum Gasteiger partial charge on any atom is -0.467 e. The first kappa shape index (κ1) is 23.2. The lowest BCUT2D eigenvalue weighted by Crippen LogP contribution is -2.51. The van der Waals surface area contributed by atoms with Crippen molar-refractivity contribution in [1.82, 2.24) is 10.2 Å². The third-order valence-corrected chi connectivity index (χ3v) is 4.81. The molecule has 9 heteroatoms. The van der Waals surface area contributed by atoms with E-state index in [0.717, 1.165) is 0 Å². The van der Waals surface area contributed by atoms with Crippen molar-refractivity contribution in [2.75, 3.05) is 19.4 Å². The van der Waals surface area contributed by atoms with E-state index < -0.39 is 35.8 Å². The van der Waals surface area contributed by atoms with Gasteiger partial charge in [-0.1, -0.05) is 13.8 Å². The zero-order valence-corrected chi connectivity index (χ0v) is 17.8. The van der Waals surface area contributed by atoms with E-state index in [1.54, 1.807) is 0 Å². The fraction of sp³-hybridized carbons (Fsp3) is 0.524. The Bertz CT molecular complexity index is 823. The van der Waals surface area contributed by atoms with Crippen molar-refractivity contribution in [3.05, 3.63) is 23.8 Å². The molecule has 0 saturated carbocycles. The van der Waals surface area contributed by atoms with Crippen molar-refractivity contribution in [1.29, 1.82) is 0 Å². The number of hydrogen-bond acceptors (Lipinski definition) is 7. The van der Waals surface area contributed by atoms with Crippen LogP contribution < -0.4 is 15.8 Å². The average molecular weight is 419 g/mol. The lowest BCUT2D eigenvalue weighted by atomic mass is 10.0. The highest BCUT2D eigenvalue weighted by Gasteiger charge is 2.37. The van der Waals surface area contributed by atoms with Crippen LogP contribution in [0.25, 0.3) is 0 Å². The summed E-state index contributed by atoms with van der Waals surface area (Å²) < 4.78 is 9.92. The van der Waals surface area contributed by atoms with E-state index in [4.69, 9.17) is 15.2 Å². The summed E-state index contributed by atoms with van der Waals surface area (Å²) in [5.41, 5.74) is 6.25. The minimum absolute atomic E-state index is 0.0833. The molecule has 2 amide bonds. The predicted octanol–water partition coefficient (Wildman–Crippen LogP) is 1.50. The number of amides is 2. The van der Waals surface area contributed by atoms with Gasteiger partial charge in [-0.2, -0.15) is 0 Å². The van der Waals surface area contributed by atoms with Gasteiger partial charge in [-0.05, 0) is 43.4 Å². The van der Waals surface area contributed by atoms with E-state index in [2.05, 4.69) is 5.32 Å². The molecule has 3 N–H and O–H groups in total. The summed E-state index contributed by atoms with van der Waals surface area (Å²) in [6, 6.07) is 2.86. The molecule has 1 saturated heterocycles. The number of hydrogen-bond donors (Lipinski definition) is 2. The first-order chi connectivity index (χ1) is 14.1. The number of nitrogens with two attached hydrogens (primary N) is 1. The summed E-state index contributed by atoms with van der Waals surface area (Å²) in [6.07, 6.45) is 1.51. The van der Waals surface area contributed by atoms with Gasteiger partial charge in [-0.25, -0.2) is 4.79 Å². The van der Waals surface area contributed by atoms with E-state index in [0.29, 0.717) is 31.5 Å². The summed E-state index contributed by atoms with van der Waals surface area (Å²) in [7, 11) is 1.27. The Kier molecular flexibility index (Phi) is 7.79. The highest BCUT2D eigenvalue weighted by atomic mass is 16.5. The molecule has 0 bridgehead atoms. The fourth-order valence-electron chi connectivity index (χ4n) is 3.49. The van der Waals surface area contributed by atoms with Crippen molar-refractivity contribution in [2.24, 2.45) is 5.92 Å². The number of benzene rings is 1. The third kappa shape index (κ3) is 5.71. The minimum atomic E-state index is -0.788. The Labute approximate surface area is 175 Å². The van der Waals surface area contributed by atoms with Gasteiger partial charge < -0.3 is 25.4 Å². The van der Waals surface area contributed by atoms with E-state index in [1.807, 2.05) is 13.8 Å². The monoisotopic (exact) mass is 419 g/mol. The van der Waals surface area contributed by atoms with Gasteiger partial charge in [0.15, 0.2) is 0 Å². The Morgan fingerprint density at radius 3 is 2.57 bits per heavy atom. The maximum absolute atomic E-state index is 13.2. The molecule has 1 heterocycles. The van der Waals surface area contributed by atoms with Crippen LogP contribution in [0.2, 0.25) is 0 Å². The maximum atomic E-state index is 13.2. The van der Waals surface area contributed by atoms with Crippen molar-refractivity contribution in [2.45, 2.75) is 52.1 Å². The molecule has 1 aliphatic heterocycles. The Hall–Kier alpha value is -3.10. The number of anilines is 1. The van der Waals surface area contributed by atoms with Gasteiger partial charge in [-0.3, -0.25) is 14.4 Å². The summed E-state index contributed by atoms with van der Waals surface area (Å²) in [5.74, 6) is -1.74. The summed E-state index contributed by atoms with van der Waals surface area (Å²) in [5, 5.41) is 2.72. The molecular formula is C21H29N3O6. The number of rotatable bonds is 7. The molecule has 2 atom stereocenters. The smallest absolute Gasteiger partial charge is 0.328 e. The lowest BCUT2D eigenvalue weighted by Gasteiger charge is -2.27. The second-order valence-corrected chi connectivity index (χ2v) is 7.72. The van der Waals surface area contributed by atoms with Gasteiger partial charge in [0.05, 0.1) is 12.7 Å². The quantitative estimate of drug-likeness (QED) is 0.389. The number of methoxy groups -OCH3 is 1. The standard InChI is InChI=1S/C21H29N3O6/c1-12(2)10-16(21(28)29-4)23-19(26)17-6-5-9-24(17)20(27)15-11-14(22)7-8-18(15)30-13(3)25/h7-8,11-12,16-17H,5-6,9-10,22H2,1-4H3,(H,23,26)/t16-,17-/m0/s1. The van der Waals surface area contributed by atoms with Crippen molar-refractivity contribution < 1.29 is 28.7 Å². The van der Waals surface area contributed by atoms with Crippen molar-refractivity contribution >= 4 is 29.4 Å². The van der Waals surface area contributed by atoms with Crippen LogP contribution in [0.1, 0.15) is 50.4 Å². The largest absolute Gasteiger partial charge is 0.467 e. The number of nitrogens with zero attached hydrogens (tertiary/aromatic N) is 1. The molecule has 9 nitrogen and oxygen atoms in total.